The summed E-state index contributed by atoms with van der Waals surface area (Å²) in [7, 11) is 0. The van der Waals surface area contributed by atoms with Gasteiger partial charge in [0.05, 0.1) is 21.3 Å². The average molecular weight is 451 g/mol. The van der Waals surface area contributed by atoms with Crippen LogP contribution in [0, 0.1) is 0 Å². The molecular weight excluding hydrogens is 431 g/mol. The molecule has 0 saturated carbocycles. The van der Waals surface area contributed by atoms with Gasteiger partial charge in [-0.3, -0.25) is 14.9 Å². The van der Waals surface area contributed by atoms with Crippen LogP contribution in [0.4, 0.5) is 11.4 Å². The van der Waals surface area contributed by atoms with E-state index in [0.717, 1.165) is 18.8 Å². The van der Waals surface area contributed by atoms with E-state index < -0.39 is 0 Å². The Bertz CT molecular complexity index is 946. The highest BCUT2D eigenvalue weighted by molar-refractivity contribution is 7.80. The summed E-state index contributed by atoms with van der Waals surface area (Å²) in [5, 5.41) is 6.62. The number of nitrogens with one attached hydrogen (secondary N) is 2. The predicted octanol–water partition coefficient (Wildman–Crippen LogP) is 3.79. The molecule has 29 heavy (non-hydrogen) atoms. The number of anilines is 2. The summed E-state index contributed by atoms with van der Waals surface area (Å²) in [5.41, 5.74) is 1.90. The lowest BCUT2D eigenvalue weighted by Crippen LogP contribution is -2.48. The monoisotopic (exact) mass is 450 g/mol. The van der Waals surface area contributed by atoms with Crippen LogP contribution in [0.2, 0.25) is 10.0 Å². The highest BCUT2D eigenvalue weighted by Crippen LogP contribution is 2.29. The molecule has 1 aliphatic heterocycles. The minimum atomic E-state index is -0.390. The van der Waals surface area contributed by atoms with Crippen LogP contribution in [0.5, 0.6) is 0 Å². The minimum Gasteiger partial charge on any atom is -0.367 e. The van der Waals surface area contributed by atoms with Gasteiger partial charge in [-0.05, 0) is 42.5 Å². The van der Waals surface area contributed by atoms with E-state index in [2.05, 4.69) is 15.5 Å². The van der Waals surface area contributed by atoms with Crippen LogP contribution in [0.25, 0.3) is 0 Å². The molecule has 1 aliphatic rings. The Kier molecular flexibility index (Phi) is 6.95. The highest BCUT2D eigenvalue weighted by Gasteiger charge is 2.20. The second-order valence-corrected chi connectivity index (χ2v) is 7.77. The van der Waals surface area contributed by atoms with E-state index in [1.165, 1.54) is 0 Å². The quantitative estimate of drug-likeness (QED) is 0.696. The fourth-order valence-electron chi connectivity index (χ4n) is 3.08. The van der Waals surface area contributed by atoms with Crippen LogP contribution < -0.4 is 15.5 Å². The summed E-state index contributed by atoms with van der Waals surface area (Å²) in [6.07, 6.45) is 0. The molecule has 3 rings (SSSR count). The standard InChI is InChI=1S/C20H20Cl2N4O2S/c1-13(27)25-8-10-26(11-9-25)18-7-6-14(12-17(18)22)23-20(29)24-19(28)15-4-2-3-5-16(15)21/h2-7,12H,8-11H2,1H3,(H2,23,24,28,29). The summed E-state index contributed by atoms with van der Waals surface area (Å²) in [6.45, 7) is 4.36. The third kappa shape index (κ3) is 5.38. The minimum absolute atomic E-state index is 0.0858. The molecule has 0 spiro atoms. The number of rotatable bonds is 3. The molecule has 2 N–H and O–H groups in total. The van der Waals surface area contributed by atoms with Crippen molar-refractivity contribution in [2.45, 2.75) is 6.92 Å². The van der Waals surface area contributed by atoms with Crippen LogP contribution >= 0.6 is 35.4 Å². The zero-order valence-electron chi connectivity index (χ0n) is 15.7. The third-order valence-corrected chi connectivity index (χ3v) is 5.45. The van der Waals surface area contributed by atoms with Gasteiger partial charge in [0.25, 0.3) is 5.91 Å². The number of halogens is 2. The number of hydrogen-bond acceptors (Lipinski definition) is 4. The van der Waals surface area contributed by atoms with Crippen molar-refractivity contribution < 1.29 is 9.59 Å². The smallest absolute Gasteiger partial charge is 0.258 e. The molecule has 1 heterocycles. The zero-order valence-corrected chi connectivity index (χ0v) is 18.1. The lowest BCUT2D eigenvalue weighted by atomic mass is 10.2. The summed E-state index contributed by atoms with van der Waals surface area (Å²) < 4.78 is 0. The molecule has 152 valence electrons. The number of piperazine rings is 1. The molecule has 1 saturated heterocycles. The Hall–Kier alpha value is -2.35. The van der Waals surface area contributed by atoms with Crippen molar-refractivity contribution in [2.75, 3.05) is 36.4 Å². The second kappa shape index (κ2) is 9.43. The molecule has 0 unspecified atom stereocenters. The molecular formula is C20H20Cl2N4O2S. The Morgan fingerprint density at radius 1 is 1.00 bits per heavy atom. The molecule has 2 amide bonds. The van der Waals surface area contributed by atoms with Crippen LogP contribution in [0.15, 0.2) is 42.5 Å². The van der Waals surface area contributed by atoms with E-state index in [9.17, 15) is 9.59 Å². The predicted molar refractivity (Wildman–Crippen MR) is 121 cm³/mol. The Labute approximate surface area is 184 Å². The number of amides is 2. The maximum Gasteiger partial charge on any atom is 0.258 e. The maximum absolute atomic E-state index is 12.3. The van der Waals surface area contributed by atoms with Gasteiger partial charge in [-0.1, -0.05) is 35.3 Å². The lowest BCUT2D eigenvalue weighted by Gasteiger charge is -2.36. The van der Waals surface area contributed by atoms with Gasteiger partial charge in [0.1, 0.15) is 0 Å². The van der Waals surface area contributed by atoms with Crippen molar-refractivity contribution in [3.63, 3.8) is 0 Å². The molecule has 0 radical (unpaired) electrons. The topological polar surface area (TPSA) is 64.7 Å². The van der Waals surface area contributed by atoms with Crippen LogP contribution in [0.3, 0.4) is 0 Å². The number of carbonyl (C=O) groups is 2. The van der Waals surface area contributed by atoms with Crippen molar-refractivity contribution in [1.82, 2.24) is 10.2 Å². The van der Waals surface area contributed by atoms with E-state index in [1.807, 2.05) is 17.0 Å². The van der Waals surface area contributed by atoms with Crippen LogP contribution in [-0.2, 0) is 4.79 Å². The van der Waals surface area contributed by atoms with Gasteiger partial charge in [-0.25, -0.2) is 0 Å². The fraction of sp³-hybridized carbons (Fsp3) is 0.250. The summed E-state index contributed by atoms with van der Waals surface area (Å²) in [5.74, 6) is -0.304. The second-order valence-electron chi connectivity index (χ2n) is 6.55. The zero-order chi connectivity index (χ0) is 21.0. The van der Waals surface area contributed by atoms with Gasteiger partial charge in [0, 0.05) is 38.8 Å². The maximum atomic E-state index is 12.3. The Morgan fingerprint density at radius 3 is 2.31 bits per heavy atom. The number of nitrogens with zero attached hydrogens (tertiary/aromatic N) is 2. The molecule has 2 aromatic rings. The largest absolute Gasteiger partial charge is 0.367 e. The van der Waals surface area contributed by atoms with Crippen LogP contribution in [-0.4, -0.2) is 48.0 Å². The van der Waals surface area contributed by atoms with E-state index in [0.29, 0.717) is 34.4 Å². The van der Waals surface area contributed by atoms with Crippen molar-refractivity contribution in [2.24, 2.45) is 0 Å². The lowest BCUT2D eigenvalue weighted by molar-refractivity contribution is -0.129. The molecule has 0 bridgehead atoms. The average Bonchev–Trinajstić information content (AvgIpc) is 2.68. The van der Waals surface area contributed by atoms with Crippen molar-refractivity contribution in [3.8, 4) is 0 Å². The first kappa shape index (κ1) is 21.4. The van der Waals surface area contributed by atoms with Gasteiger partial charge in [0.15, 0.2) is 5.11 Å². The summed E-state index contributed by atoms with van der Waals surface area (Å²) in [6, 6.07) is 12.2. The Morgan fingerprint density at radius 2 is 1.69 bits per heavy atom. The van der Waals surface area contributed by atoms with Crippen LogP contribution in [0.1, 0.15) is 17.3 Å². The SMILES string of the molecule is CC(=O)N1CCN(c2ccc(NC(=S)NC(=O)c3ccccc3Cl)cc2Cl)CC1. The fourth-order valence-corrected chi connectivity index (χ4v) is 3.81. The number of hydrogen-bond donors (Lipinski definition) is 2. The van der Waals surface area contributed by atoms with E-state index in [4.69, 9.17) is 35.4 Å². The van der Waals surface area contributed by atoms with E-state index >= 15 is 0 Å². The molecule has 6 nitrogen and oxygen atoms in total. The highest BCUT2D eigenvalue weighted by atomic mass is 35.5. The van der Waals surface area contributed by atoms with Gasteiger partial charge in [-0.15, -0.1) is 0 Å². The number of benzene rings is 2. The molecule has 0 aliphatic carbocycles. The number of thiocarbonyl (C=S) groups is 1. The first-order valence-electron chi connectivity index (χ1n) is 9.02. The van der Waals surface area contributed by atoms with E-state index in [1.54, 1.807) is 37.3 Å². The van der Waals surface area contributed by atoms with Crippen molar-refractivity contribution >= 4 is 63.7 Å². The molecule has 1 fully saturated rings. The molecule has 0 atom stereocenters. The first-order chi connectivity index (χ1) is 13.8. The summed E-state index contributed by atoms with van der Waals surface area (Å²) >= 11 is 17.7. The molecule has 2 aromatic carbocycles. The first-order valence-corrected chi connectivity index (χ1v) is 10.2. The van der Waals surface area contributed by atoms with Crippen molar-refractivity contribution in [3.05, 3.63) is 58.1 Å². The van der Waals surface area contributed by atoms with Gasteiger partial charge < -0.3 is 15.1 Å². The Balaban J connectivity index is 1.60. The third-order valence-electron chi connectivity index (χ3n) is 4.62. The van der Waals surface area contributed by atoms with Crippen molar-refractivity contribution in [1.29, 1.82) is 0 Å². The van der Waals surface area contributed by atoms with E-state index in [-0.39, 0.29) is 16.9 Å². The summed E-state index contributed by atoms with van der Waals surface area (Å²) in [4.78, 5) is 27.7. The molecule has 0 aromatic heterocycles. The molecule has 9 heteroatoms. The number of carbonyl (C=O) groups excluding carboxylic acids is 2. The van der Waals surface area contributed by atoms with Gasteiger partial charge in [-0.2, -0.15) is 0 Å². The normalized spacial score (nSPS) is 13.8. The van der Waals surface area contributed by atoms with Gasteiger partial charge in [0.2, 0.25) is 5.91 Å². The van der Waals surface area contributed by atoms with Gasteiger partial charge >= 0.3 is 0 Å².